The van der Waals surface area contributed by atoms with E-state index in [2.05, 4.69) is 110 Å². The van der Waals surface area contributed by atoms with E-state index in [0.29, 0.717) is 3.63 Å². The van der Waals surface area contributed by atoms with E-state index in [1.807, 2.05) is 0 Å². The van der Waals surface area contributed by atoms with Gasteiger partial charge >= 0.3 is 75.9 Å². The minimum absolute atomic E-state index is 0. The van der Waals surface area contributed by atoms with Gasteiger partial charge in [0.25, 0.3) is 0 Å². The molecule has 0 bridgehead atoms. The standard InChI is InChI=1S/C17H19NSi.C9H7.2ClH.Zr/c1-12-10-16-15(17(12)19(3)4)11-13(2)18(16)14-8-6-5-7-9-14;1-2-5-9-7-3-6-8(9)4-1;;;/h5-11H,1-4H3;1-7H;2*1H;/q;;;;+2/p-2. The van der Waals surface area contributed by atoms with Gasteiger partial charge in [0.2, 0.25) is 0 Å². The quantitative estimate of drug-likeness (QED) is 0.392. The number of para-hydroxylation sites is 1. The number of allylic oxidation sites excluding steroid dienone is 2. The fourth-order valence-corrected chi connectivity index (χ4v) is 6.81. The summed E-state index contributed by atoms with van der Waals surface area (Å²) in [6.07, 6.45) is 6.85. The Balaban J connectivity index is 0.000000243. The number of rotatable bonds is 1. The van der Waals surface area contributed by atoms with Gasteiger partial charge in [-0.1, -0.05) is 31.3 Å². The van der Waals surface area contributed by atoms with Crippen LogP contribution in [0.25, 0.3) is 17.8 Å². The zero-order valence-corrected chi connectivity index (χ0v) is 23.3. The van der Waals surface area contributed by atoms with E-state index in [1.165, 1.54) is 39.3 Å². The van der Waals surface area contributed by atoms with Gasteiger partial charge in [-0.3, -0.25) is 0 Å². The fraction of sp³-hybridized carbons (Fsp3) is 0.192. The fourth-order valence-electron chi connectivity index (χ4n) is 4.32. The van der Waals surface area contributed by atoms with Crippen LogP contribution in [-0.2, 0) is 24.7 Å². The van der Waals surface area contributed by atoms with Crippen LogP contribution in [0.4, 0.5) is 0 Å². The zero-order valence-electron chi connectivity index (χ0n) is 18.3. The first-order chi connectivity index (χ1) is 14.0. The average molecular weight is 543 g/mol. The van der Waals surface area contributed by atoms with Crippen LogP contribution in [0.15, 0.2) is 72.3 Å². The molecule has 5 rings (SSSR count). The molecule has 0 fully saturated rings. The second-order valence-corrected chi connectivity index (χ2v) is 12.0. The maximum absolute atomic E-state index is 2.38. The number of aryl methyl sites for hydroxylation is 1. The van der Waals surface area contributed by atoms with Gasteiger partial charge in [0, 0.05) is 25.4 Å². The van der Waals surface area contributed by atoms with E-state index in [4.69, 9.17) is 0 Å². The Morgan fingerprint density at radius 1 is 0.903 bits per heavy atom. The molecule has 1 aromatic heterocycles. The Bertz CT molecular complexity index is 1160. The van der Waals surface area contributed by atoms with E-state index in [-0.39, 0.29) is 24.8 Å². The zero-order chi connectivity index (χ0) is 20.5. The van der Waals surface area contributed by atoms with Crippen molar-refractivity contribution in [3.63, 3.8) is 0 Å². The van der Waals surface area contributed by atoms with Crippen LogP contribution < -0.4 is 24.8 Å². The molecule has 0 saturated heterocycles. The molecule has 2 aromatic carbocycles. The summed E-state index contributed by atoms with van der Waals surface area (Å²) in [6.45, 7) is 9.20. The van der Waals surface area contributed by atoms with E-state index >= 15 is 0 Å². The van der Waals surface area contributed by atoms with Crippen molar-refractivity contribution in [2.45, 2.75) is 30.6 Å². The topological polar surface area (TPSA) is 4.93 Å². The van der Waals surface area contributed by atoms with E-state index in [1.54, 1.807) is 29.9 Å². The Kier molecular flexibility index (Phi) is 9.27. The molecule has 31 heavy (non-hydrogen) atoms. The Morgan fingerprint density at radius 2 is 1.55 bits per heavy atom. The molecule has 3 aromatic rings. The third-order valence-corrected chi connectivity index (χ3v) is 8.45. The molecule has 0 radical (unpaired) electrons. The summed E-state index contributed by atoms with van der Waals surface area (Å²) >= 11 is 1.59. The van der Waals surface area contributed by atoms with Crippen molar-refractivity contribution in [2.24, 2.45) is 0 Å². The van der Waals surface area contributed by atoms with Gasteiger partial charge in [0.15, 0.2) is 0 Å². The predicted molar refractivity (Wildman–Crippen MR) is 124 cm³/mol. The number of halogens is 2. The summed E-state index contributed by atoms with van der Waals surface area (Å²) in [5.74, 6) is 0. The minimum atomic E-state index is -0.422. The SMILES string of the molecule is CC1=Cc2c(cc(C)n2-c2ccccc2)C1=[Si](C)C.[Cl-].[Cl-].[Zr+2][CH]1C=Cc2ccccc21. The molecule has 0 spiro atoms. The van der Waals surface area contributed by atoms with Gasteiger partial charge in [-0.05, 0) is 48.9 Å². The molecule has 1 heterocycles. The Hall–Kier alpha value is -1.25. The van der Waals surface area contributed by atoms with Crippen LogP contribution in [0.3, 0.4) is 0 Å². The molecule has 0 N–H and O–H groups in total. The van der Waals surface area contributed by atoms with Gasteiger partial charge in [-0.15, -0.1) is 0 Å². The van der Waals surface area contributed by atoms with Crippen molar-refractivity contribution in [1.29, 1.82) is 0 Å². The molecule has 0 aliphatic heterocycles. The van der Waals surface area contributed by atoms with Crippen molar-refractivity contribution in [1.82, 2.24) is 4.57 Å². The maximum atomic E-state index is 2.38. The second kappa shape index (κ2) is 11.1. The summed E-state index contributed by atoms with van der Waals surface area (Å²) in [5.41, 5.74) is 9.76. The Morgan fingerprint density at radius 3 is 2.19 bits per heavy atom. The molecule has 1 nitrogen and oxygen atoms in total. The van der Waals surface area contributed by atoms with Crippen LogP contribution in [0.1, 0.15) is 38.6 Å². The van der Waals surface area contributed by atoms with E-state index in [0.717, 1.165) is 0 Å². The van der Waals surface area contributed by atoms with Crippen LogP contribution >= 0.6 is 0 Å². The first kappa shape index (κ1) is 26.0. The number of aromatic nitrogens is 1. The molecule has 2 aliphatic carbocycles. The molecule has 1 atom stereocenters. The van der Waals surface area contributed by atoms with E-state index < -0.39 is 8.41 Å². The summed E-state index contributed by atoms with van der Waals surface area (Å²) in [6, 6.07) is 21.6. The van der Waals surface area contributed by atoms with Crippen molar-refractivity contribution < 1.29 is 49.5 Å². The number of nitrogens with zero attached hydrogens (tertiary/aromatic N) is 1. The molecule has 5 heteroatoms. The molecular weight excluding hydrogens is 517 g/mol. The van der Waals surface area contributed by atoms with Crippen molar-refractivity contribution in [2.75, 3.05) is 0 Å². The summed E-state index contributed by atoms with van der Waals surface area (Å²) < 4.78 is 3.08. The summed E-state index contributed by atoms with van der Waals surface area (Å²) in [7, 11) is -0.422. The van der Waals surface area contributed by atoms with Crippen molar-refractivity contribution in [3.05, 3.63) is 100 Å². The molecule has 0 amide bonds. The second-order valence-electron chi connectivity index (χ2n) is 7.92. The van der Waals surface area contributed by atoms with Crippen molar-refractivity contribution in [3.8, 4) is 5.69 Å². The first-order valence-corrected chi connectivity index (χ1v) is 14.0. The monoisotopic (exact) mass is 540 g/mol. The first-order valence-electron chi connectivity index (χ1n) is 10.1. The normalized spacial score (nSPS) is 15.1. The third kappa shape index (κ3) is 5.22. The average Bonchev–Trinajstić information content (AvgIpc) is 3.33. The van der Waals surface area contributed by atoms with Gasteiger partial charge in [-0.2, -0.15) is 0 Å². The predicted octanol–water partition coefficient (Wildman–Crippen LogP) is 0.369. The number of benzene rings is 2. The van der Waals surface area contributed by atoms with Gasteiger partial charge < -0.3 is 29.4 Å². The molecule has 2 aliphatic rings. The summed E-state index contributed by atoms with van der Waals surface area (Å²) in [4.78, 5) is 0. The molecule has 1 unspecified atom stereocenters. The van der Waals surface area contributed by atoms with E-state index in [9.17, 15) is 0 Å². The van der Waals surface area contributed by atoms with Gasteiger partial charge in [-0.25, -0.2) is 0 Å². The third-order valence-electron chi connectivity index (χ3n) is 5.55. The summed E-state index contributed by atoms with van der Waals surface area (Å²) in [5, 5.41) is 1.60. The van der Waals surface area contributed by atoms with Crippen LogP contribution in [0, 0.1) is 6.92 Å². The van der Waals surface area contributed by atoms with Crippen molar-refractivity contribution >= 4 is 25.7 Å². The van der Waals surface area contributed by atoms with Crippen LogP contribution in [0.2, 0.25) is 13.1 Å². The van der Waals surface area contributed by atoms with Crippen LogP contribution in [0.5, 0.6) is 0 Å². The number of hydrogen-bond donors (Lipinski definition) is 0. The van der Waals surface area contributed by atoms with Gasteiger partial charge in [0.1, 0.15) is 0 Å². The van der Waals surface area contributed by atoms with Crippen LogP contribution in [-0.4, -0.2) is 18.1 Å². The number of hydrogen-bond acceptors (Lipinski definition) is 0. The van der Waals surface area contributed by atoms with Gasteiger partial charge in [0.05, 0.1) is 5.69 Å². The Labute approximate surface area is 215 Å². The molecule has 0 saturated carbocycles. The molecular formula is C26H26Cl2NSiZr. The number of fused-ring (bicyclic) bond motifs is 2. The molecule has 157 valence electrons.